The maximum Gasteiger partial charge on any atom is 0.151 e. The third kappa shape index (κ3) is 2.01. The number of nitrogens with one attached hydrogen (secondary N) is 1. The van der Waals surface area contributed by atoms with Gasteiger partial charge in [-0.05, 0) is 37.8 Å². The monoisotopic (exact) mass is 270 g/mol. The number of benzene rings is 1. The van der Waals surface area contributed by atoms with Crippen molar-refractivity contribution in [3.05, 3.63) is 29.8 Å². The average molecular weight is 270 g/mol. The van der Waals surface area contributed by atoms with Gasteiger partial charge < -0.3 is 15.0 Å². The van der Waals surface area contributed by atoms with Crippen molar-refractivity contribution >= 4 is 11.8 Å². The fourth-order valence-electron chi connectivity index (χ4n) is 3.66. The number of hydrogen-bond acceptors (Lipinski definition) is 3. The maximum absolute atomic E-state index is 6.52. The van der Waals surface area contributed by atoms with Crippen LogP contribution in [0, 0.1) is 0 Å². The highest BCUT2D eigenvalue weighted by Gasteiger charge is 2.37. The van der Waals surface area contributed by atoms with Crippen LogP contribution < -0.4 is 15.0 Å². The lowest BCUT2D eigenvalue weighted by Gasteiger charge is -2.36. The second-order valence-electron chi connectivity index (χ2n) is 6.14. The van der Waals surface area contributed by atoms with E-state index in [2.05, 4.69) is 40.6 Å². The first kappa shape index (κ1) is 12.3. The van der Waals surface area contributed by atoms with Crippen molar-refractivity contribution in [1.82, 2.24) is 5.32 Å². The van der Waals surface area contributed by atoms with Crippen LogP contribution in [0.5, 0.6) is 5.75 Å². The largest absolute Gasteiger partial charge is 0.480 e. The number of anilines is 1. The number of fused-ring (bicyclic) bond motifs is 1. The van der Waals surface area contributed by atoms with Gasteiger partial charge in [-0.15, -0.1) is 0 Å². The molecule has 0 radical (unpaired) electrons. The third-order valence-corrected chi connectivity index (χ3v) is 4.80. The van der Waals surface area contributed by atoms with E-state index in [0.29, 0.717) is 0 Å². The molecular weight excluding hydrogens is 248 g/mol. The molecule has 2 fully saturated rings. The molecule has 4 rings (SSSR count). The van der Waals surface area contributed by atoms with Crippen LogP contribution in [0.25, 0.3) is 6.08 Å². The van der Waals surface area contributed by atoms with Crippen LogP contribution in [0.4, 0.5) is 5.69 Å². The molecule has 2 heterocycles. The molecule has 2 aliphatic heterocycles. The Hall–Kier alpha value is -1.48. The first-order valence-electron chi connectivity index (χ1n) is 7.83. The normalized spacial score (nSPS) is 23.7. The molecule has 1 N–H and O–H groups in total. The Labute approximate surface area is 120 Å². The average Bonchev–Trinajstić information content (AvgIpc) is 2.95. The lowest BCUT2D eigenvalue weighted by molar-refractivity contribution is 0.126. The number of piperazine rings is 1. The van der Waals surface area contributed by atoms with E-state index in [-0.39, 0.29) is 5.60 Å². The standard InChI is InChI=1S/C17H22N2O/c1-2-8-17(7-1)9-6-14-4-3-5-15(16(14)20-17)19-12-10-18-11-13-19/h3-6,9,18H,1-2,7-8,10-13H2. The third-order valence-electron chi connectivity index (χ3n) is 4.80. The van der Waals surface area contributed by atoms with E-state index in [1.807, 2.05) is 0 Å². The molecule has 3 aliphatic rings. The van der Waals surface area contributed by atoms with E-state index >= 15 is 0 Å². The quantitative estimate of drug-likeness (QED) is 0.849. The highest BCUT2D eigenvalue weighted by atomic mass is 16.5. The van der Waals surface area contributed by atoms with Crippen LogP contribution in [-0.2, 0) is 0 Å². The topological polar surface area (TPSA) is 24.5 Å². The molecule has 20 heavy (non-hydrogen) atoms. The van der Waals surface area contributed by atoms with Gasteiger partial charge in [-0.1, -0.05) is 18.2 Å². The first-order chi connectivity index (χ1) is 9.86. The van der Waals surface area contributed by atoms with Crippen LogP contribution in [0.3, 0.4) is 0 Å². The van der Waals surface area contributed by atoms with Crippen LogP contribution in [0.1, 0.15) is 31.2 Å². The minimum absolute atomic E-state index is 0.0167. The number of nitrogens with zero attached hydrogens (tertiary/aromatic N) is 1. The molecular formula is C17H22N2O. The summed E-state index contributed by atoms with van der Waals surface area (Å²) in [4.78, 5) is 2.46. The van der Waals surface area contributed by atoms with Gasteiger partial charge in [0.25, 0.3) is 0 Å². The van der Waals surface area contributed by atoms with Crippen molar-refractivity contribution in [1.29, 1.82) is 0 Å². The van der Waals surface area contributed by atoms with Gasteiger partial charge in [-0.25, -0.2) is 0 Å². The summed E-state index contributed by atoms with van der Waals surface area (Å²) in [6.45, 7) is 4.25. The van der Waals surface area contributed by atoms with Crippen molar-refractivity contribution in [2.75, 3.05) is 31.1 Å². The van der Waals surface area contributed by atoms with E-state index in [1.165, 1.54) is 36.9 Å². The molecule has 0 bridgehead atoms. The summed E-state index contributed by atoms with van der Waals surface area (Å²) in [5.74, 6) is 1.11. The van der Waals surface area contributed by atoms with Crippen LogP contribution in [-0.4, -0.2) is 31.8 Å². The number of hydrogen-bond donors (Lipinski definition) is 1. The molecule has 1 saturated heterocycles. The molecule has 106 valence electrons. The molecule has 1 aromatic rings. The fraction of sp³-hybridized carbons (Fsp3) is 0.529. The lowest BCUT2D eigenvalue weighted by atomic mass is 9.96. The molecule has 1 aromatic carbocycles. The van der Waals surface area contributed by atoms with Crippen LogP contribution in [0.2, 0.25) is 0 Å². The van der Waals surface area contributed by atoms with Gasteiger partial charge in [0.05, 0.1) is 5.69 Å². The van der Waals surface area contributed by atoms with Crippen molar-refractivity contribution in [2.45, 2.75) is 31.3 Å². The SMILES string of the molecule is C1=CC2(CCCC2)Oc2c1cccc2N1CCNCC1. The highest BCUT2D eigenvalue weighted by molar-refractivity contribution is 5.72. The Morgan fingerprint density at radius 3 is 2.70 bits per heavy atom. The lowest BCUT2D eigenvalue weighted by Crippen LogP contribution is -2.44. The van der Waals surface area contributed by atoms with Gasteiger partial charge in [0, 0.05) is 31.7 Å². The first-order valence-corrected chi connectivity index (χ1v) is 7.83. The fourth-order valence-corrected chi connectivity index (χ4v) is 3.66. The Morgan fingerprint density at radius 1 is 1.10 bits per heavy atom. The molecule has 1 saturated carbocycles. The van der Waals surface area contributed by atoms with Gasteiger partial charge in [0.1, 0.15) is 5.60 Å². The van der Waals surface area contributed by atoms with E-state index in [4.69, 9.17) is 4.74 Å². The van der Waals surface area contributed by atoms with Crippen LogP contribution >= 0.6 is 0 Å². The zero-order chi connectivity index (χ0) is 13.4. The van der Waals surface area contributed by atoms with Crippen molar-refractivity contribution in [3.63, 3.8) is 0 Å². The van der Waals surface area contributed by atoms with Gasteiger partial charge in [-0.3, -0.25) is 0 Å². The number of ether oxygens (including phenoxy) is 1. The van der Waals surface area contributed by atoms with Gasteiger partial charge >= 0.3 is 0 Å². The number of rotatable bonds is 1. The van der Waals surface area contributed by atoms with Gasteiger partial charge in [0.2, 0.25) is 0 Å². The summed E-state index contributed by atoms with van der Waals surface area (Å²) in [6.07, 6.45) is 9.47. The van der Waals surface area contributed by atoms with Gasteiger partial charge in [-0.2, -0.15) is 0 Å². The predicted molar refractivity (Wildman–Crippen MR) is 82.4 cm³/mol. The Kier molecular flexibility index (Phi) is 2.95. The Morgan fingerprint density at radius 2 is 1.90 bits per heavy atom. The summed E-state index contributed by atoms with van der Waals surface area (Å²) in [5, 5.41) is 3.42. The van der Waals surface area contributed by atoms with Crippen molar-refractivity contribution < 1.29 is 4.74 Å². The summed E-state index contributed by atoms with van der Waals surface area (Å²) < 4.78 is 6.52. The molecule has 0 unspecified atom stereocenters. The minimum atomic E-state index is -0.0167. The second-order valence-corrected chi connectivity index (χ2v) is 6.14. The summed E-state index contributed by atoms with van der Waals surface area (Å²) in [7, 11) is 0. The Bertz CT molecular complexity index is 526. The molecule has 0 amide bonds. The number of para-hydroxylation sites is 1. The van der Waals surface area contributed by atoms with E-state index in [1.54, 1.807) is 0 Å². The highest BCUT2D eigenvalue weighted by Crippen LogP contribution is 2.44. The molecule has 0 aromatic heterocycles. The summed E-state index contributed by atoms with van der Waals surface area (Å²) in [6, 6.07) is 6.53. The van der Waals surface area contributed by atoms with Crippen LogP contribution in [0.15, 0.2) is 24.3 Å². The Balaban J connectivity index is 1.71. The molecule has 1 spiro atoms. The molecule has 3 nitrogen and oxygen atoms in total. The second kappa shape index (κ2) is 4.81. The smallest absolute Gasteiger partial charge is 0.151 e. The molecule has 0 atom stereocenters. The predicted octanol–water partition coefficient (Wildman–Crippen LogP) is 2.81. The maximum atomic E-state index is 6.52. The zero-order valence-electron chi connectivity index (χ0n) is 11.9. The molecule has 1 aliphatic carbocycles. The summed E-state index contributed by atoms with van der Waals surface area (Å²) >= 11 is 0. The van der Waals surface area contributed by atoms with E-state index in [0.717, 1.165) is 31.9 Å². The summed E-state index contributed by atoms with van der Waals surface area (Å²) in [5.41, 5.74) is 2.50. The molecule has 3 heteroatoms. The van der Waals surface area contributed by atoms with E-state index < -0.39 is 0 Å². The van der Waals surface area contributed by atoms with Crippen molar-refractivity contribution in [2.24, 2.45) is 0 Å². The zero-order valence-corrected chi connectivity index (χ0v) is 11.9. The van der Waals surface area contributed by atoms with E-state index in [9.17, 15) is 0 Å². The minimum Gasteiger partial charge on any atom is -0.480 e. The van der Waals surface area contributed by atoms with Gasteiger partial charge in [0.15, 0.2) is 5.75 Å². The van der Waals surface area contributed by atoms with Crippen molar-refractivity contribution in [3.8, 4) is 5.75 Å².